The Labute approximate surface area is 137 Å². The smallest absolute Gasteiger partial charge is 0.263 e. The van der Waals surface area contributed by atoms with E-state index >= 15 is 0 Å². The summed E-state index contributed by atoms with van der Waals surface area (Å²) in [5, 5.41) is 3.70. The summed E-state index contributed by atoms with van der Waals surface area (Å²) in [4.78, 5) is 23.4. The highest BCUT2D eigenvalue weighted by Gasteiger charge is 2.35. The number of fused-ring (bicyclic) bond motifs is 3. The Morgan fingerprint density at radius 3 is 2.87 bits per heavy atom. The average molecular weight is 332 g/mol. The molecule has 3 aliphatic rings. The van der Waals surface area contributed by atoms with Crippen LogP contribution in [0.15, 0.2) is 24.4 Å². The molecule has 1 atom stereocenters. The summed E-state index contributed by atoms with van der Waals surface area (Å²) in [6.45, 7) is 3.23. The van der Waals surface area contributed by atoms with E-state index in [-0.39, 0.29) is 11.9 Å². The van der Waals surface area contributed by atoms with Crippen LogP contribution in [0.4, 0.5) is 4.39 Å². The topological polar surface area (TPSA) is 58.1 Å². The van der Waals surface area contributed by atoms with E-state index < -0.39 is 5.95 Å². The molecule has 0 saturated carbocycles. The molecule has 1 amide bonds. The van der Waals surface area contributed by atoms with Crippen molar-refractivity contribution in [2.45, 2.75) is 18.9 Å². The Balaban J connectivity index is 1.47. The zero-order valence-corrected chi connectivity index (χ0v) is 13.4. The summed E-state index contributed by atoms with van der Waals surface area (Å²) in [5.41, 5.74) is 0.455. The molecular formula is C16H17FN4OS. The standard InChI is InChI=1S/C16H17FN4OS/c17-14-3-1-2-11(19-14)16-18-8-13(23-16)15(22)20-12-9-21-6-4-10(12)5-7-21/h1-3,8,10,12H,4-7,9H2,(H,20,22)/t12-/m0/s1. The maximum absolute atomic E-state index is 13.2. The van der Waals surface area contributed by atoms with Gasteiger partial charge in [0, 0.05) is 12.6 Å². The minimum Gasteiger partial charge on any atom is -0.347 e. The number of thiazole rings is 1. The van der Waals surface area contributed by atoms with Crippen LogP contribution in [0.3, 0.4) is 0 Å². The summed E-state index contributed by atoms with van der Waals surface area (Å²) in [7, 11) is 0. The molecular weight excluding hydrogens is 315 g/mol. The normalized spacial score (nSPS) is 26.2. The highest BCUT2D eigenvalue weighted by Crippen LogP contribution is 2.28. The number of nitrogens with one attached hydrogen (secondary N) is 1. The molecule has 5 heterocycles. The Kier molecular flexibility index (Phi) is 3.82. The van der Waals surface area contributed by atoms with E-state index in [1.54, 1.807) is 18.3 Å². The summed E-state index contributed by atoms with van der Waals surface area (Å²) >= 11 is 1.25. The van der Waals surface area contributed by atoms with Gasteiger partial charge in [-0.3, -0.25) is 4.79 Å². The molecule has 2 bridgehead atoms. The molecule has 3 aliphatic heterocycles. The molecule has 5 rings (SSSR count). The lowest BCUT2D eigenvalue weighted by molar-refractivity contribution is 0.0622. The van der Waals surface area contributed by atoms with E-state index in [1.807, 2.05) is 0 Å². The monoisotopic (exact) mass is 332 g/mol. The van der Waals surface area contributed by atoms with Gasteiger partial charge in [0.15, 0.2) is 0 Å². The van der Waals surface area contributed by atoms with Gasteiger partial charge in [0.1, 0.15) is 15.6 Å². The van der Waals surface area contributed by atoms with Gasteiger partial charge >= 0.3 is 0 Å². The van der Waals surface area contributed by atoms with Gasteiger partial charge in [-0.25, -0.2) is 9.97 Å². The van der Waals surface area contributed by atoms with Crippen LogP contribution in [0.1, 0.15) is 22.5 Å². The van der Waals surface area contributed by atoms with Gasteiger partial charge in [-0.15, -0.1) is 11.3 Å². The Bertz CT molecular complexity index is 726. The van der Waals surface area contributed by atoms with Gasteiger partial charge in [-0.05, 0) is 44.0 Å². The molecule has 5 nitrogen and oxygen atoms in total. The number of hydrogen-bond acceptors (Lipinski definition) is 5. The van der Waals surface area contributed by atoms with Crippen molar-refractivity contribution in [3.05, 3.63) is 35.2 Å². The number of pyridine rings is 1. The fourth-order valence-corrected chi connectivity index (χ4v) is 4.18. The Morgan fingerprint density at radius 1 is 1.35 bits per heavy atom. The molecule has 2 aromatic rings. The van der Waals surface area contributed by atoms with Gasteiger partial charge in [-0.2, -0.15) is 4.39 Å². The Morgan fingerprint density at radius 2 is 2.17 bits per heavy atom. The maximum Gasteiger partial charge on any atom is 0.263 e. The van der Waals surface area contributed by atoms with Crippen molar-refractivity contribution in [3.63, 3.8) is 0 Å². The fraction of sp³-hybridized carbons (Fsp3) is 0.438. The van der Waals surface area contributed by atoms with Crippen LogP contribution in [-0.2, 0) is 0 Å². The molecule has 0 aromatic carbocycles. The van der Waals surface area contributed by atoms with Crippen LogP contribution in [0.25, 0.3) is 10.7 Å². The predicted molar refractivity (Wildman–Crippen MR) is 85.7 cm³/mol. The summed E-state index contributed by atoms with van der Waals surface area (Å²) < 4.78 is 13.2. The van der Waals surface area contributed by atoms with Crippen molar-refractivity contribution in [1.82, 2.24) is 20.2 Å². The number of halogens is 1. The first-order valence-corrected chi connectivity index (χ1v) is 8.62. The van der Waals surface area contributed by atoms with Crippen LogP contribution < -0.4 is 5.32 Å². The SMILES string of the molecule is O=C(N[C@H]1CN2CCC1CC2)c1cnc(-c2cccc(F)n2)s1. The fourth-order valence-electron chi connectivity index (χ4n) is 3.39. The highest BCUT2D eigenvalue weighted by molar-refractivity contribution is 7.16. The zero-order chi connectivity index (χ0) is 15.8. The van der Waals surface area contributed by atoms with Crippen LogP contribution in [0.2, 0.25) is 0 Å². The van der Waals surface area contributed by atoms with Crippen molar-refractivity contribution >= 4 is 17.2 Å². The molecule has 0 aliphatic carbocycles. The number of hydrogen-bond donors (Lipinski definition) is 1. The highest BCUT2D eigenvalue weighted by atomic mass is 32.1. The number of amides is 1. The number of rotatable bonds is 3. The van der Waals surface area contributed by atoms with E-state index in [0.29, 0.717) is 21.5 Å². The number of carbonyl (C=O) groups excluding carboxylic acids is 1. The minimum atomic E-state index is -0.545. The first kappa shape index (κ1) is 14.7. The lowest BCUT2D eigenvalue weighted by atomic mass is 9.84. The van der Waals surface area contributed by atoms with Crippen LogP contribution in [0, 0.1) is 11.9 Å². The van der Waals surface area contributed by atoms with E-state index in [1.165, 1.54) is 17.4 Å². The second kappa shape index (κ2) is 5.98. The molecule has 120 valence electrons. The molecule has 0 unspecified atom stereocenters. The van der Waals surface area contributed by atoms with Gasteiger partial charge < -0.3 is 10.2 Å². The molecule has 3 fully saturated rings. The first-order chi connectivity index (χ1) is 11.2. The summed E-state index contributed by atoms with van der Waals surface area (Å²) in [6, 6.07) is 4.80. The van der Waals surface area contributed by atoms with E-state index in [9.17, 15) is 9.18 Å². The van der Waals surface area contributed by atoms with Crippen molar-refractivity contribution in [2.24, 2.45) is 5.92 Å². The van der Waals surface area contributed by atoms with Crippen molar-refractivity contribution in [1.29, 1.82) is 0 Å². The van der Waals surface area contributed by atoms with Gasteiger partial charge in [-0.1, -0.05) is 6.07 Å². The number of carbonyl (C=O) groups is 1. The summed E-state index contributed by atoms with van der Waals surface area (Å²) in [6.07, 6.45) is 3.86. The molecule has 3 saturated heterocycles. The van der Waals surface area contributed by atoms with E-state index in [2.05, 4.69) is 20.2 Å². The third-order valence-corrected chi connectivity index (χ3v) is 5.65. The van der Waals surface area contributed by atoms with Crippen molar-refractivity contribution in [2.75, 3.05) is 19.6 Å². The third-order valence-electron chi connectivity index (χ3n) is 4.64. The third kappa shape index (κ3) is 2.98. The van der Waals surface area contributed by atoms with E-state index in [4.69, 9.17) is 0 Å². The number of piperidine rings is 3. The predicted octanol–water partition coefficient (Wildman–Crippen LogP) is 2.17. The quantitative estimate of drug-likeness (QED) is 0.875. The van der Waals surface area contributed by atoms with Gasteiger partial charge in [0.05, 0.1) is 6.20 Å². The second-order valence-electron chi connectivity index (χ2n) is 6.09. The molecule has 0 radical (unpaired) electrons. The number of nitrogens with zero attached hydrogens (tertiary/aromatic N) is 3. The number of aromatic nitrogens is 2. The van der Waals surface area contributed by atoms with E-state index in [0.717, 1.165) is 32.5 Å². The van der Waals surface area contributed by atoms with Crippen molar-refractivity contribution < 1.29 is 9.18 Å². The van der Waals surface area contributed by atoms with Crippen LogP contribution in [0.5, 0.6) is 0 Å². The van der Waals surface area contributed by atoms with Crippen LogP contribution in [-0.4, -0.2) is 46.5 Å². The second-order valence-corrected chi connectivity index (χ2v) is 7.12. The largest absolute Gasteiger partial charge is 0.347 e. The van der Waals surface area contributed by atoms with Gasteiger partial charge in [0.25, 0.3) is 5.91 Å². The molecule has 0 spiro atoms. The molecule has 7 heteroatoms. The maximum atomic E-state index is 13.2. The lowest BCUT2D eigenvalue weighted by Gasteiger charge is -2.44. The van der Waals surface area contributed by atoms with Gasteiger partial charge in [0.2, 0.25) is 5.95 Å². The average Bonchev–Trinajstić information content (AvgIpc) is 3.06. The van der Waals surface area contributed by atoms with Crippen LogP contribution >= 0.6 is 11.3 Å². The first-order valence-electron chi connectivity index (χ1n) is 7.81. The Hall–Kier alpha value is -1.86. The lowest BCUT2D eigenvalue weighted by Crippen LogP contribution is -2.57. The molecule has 1 N–H and O–H groups in total. The summed E-state index contributed by atoms with van der Waals surface area (Å²) in [5.74, 6) is -0.0545. The minimum absolute atomic E-state index is 0.0936. The molecule has 23 heavy (non-hydrogen) atoms. The zero-order valence-electron chi connectivity index (χ0n) is 12.5. The molecule has 2 aromatic heterocycles. The van der Waals surface area contributed by atoms with Crippen molar-refractivity contribution in [3.8, 4) is 10.7 Å².